The number of hydrogen-bond acceptors (Lipinski definition) is 4. The summed E-state index contributed by atoms with van der Waals surface area (Å²) in [4.78, 5) is 28.5. The van der Waals surface area contributed by atoms with Crippen LogP contribution in [0.15, 0.2) is 12.4 Å². The third kappa shape index (κ3) is 1.61. The molecule has 0 aromatic carbocycles. The molecule has 0 amide bonds. The zero-order valence-electron chi connectivity index (χ0n) is 10.1. The van der Waals surface area contributed by atoms with Crippen molar-refractivity contribution in [2.75, 3.05) is 0 Å². The highest BCUT2D eigenvalue weighted by atomic mass is 16.2. The second-order valence-corrected chi connectivity index (χ2v) is 4.59. The van der Waals surface area contributed by atoms with Crippen LogP contribution in [0.2, 0.25) is 0 Å². The quantitative estimate of drug-likeness (QED) is 0.753. The van der Waals surface area contributed by atoms with Crippen LogP contribution >= 0.6 is 0 Å². The van der Waals surface area contributed by atoms with Crippen LogP contribution in [0.3, 0.4) is 0 Å². The number of nitrogens with zero attached hydrogens (tertiary/aromatic N) is 2. The highest BCUT2D eigenvalue weighted by Crippen LogP contribution is 2.32. The lowest BCUT2D eigenvalue weighted by Gasteiger charge is -2.33. The molecular weight excluding hydrogens is 218 g/mol. The van der Waals surface area contributed by atoms with E-state index in [0.717, 1.165) is 0 Å². The number of aromatic nitrogens is 2. The van der Waals surface area contributed by atoms with E-state index < -0.39 is 11.5 Å². The van der Waals surface area contributed by atoms with Crippen LogP contribution < -0.4 is 5.73 Å². The van der Waals surface area contributed by atoms with Crippen molar-refractivity contribution in [2.24, 2.45) is 5.73 Å². The average molecular weight is 235 g/mol. The van der Waals surface area contributed by atoms with Gasteiger partial charge in [-0.2, -0.15) is 0 Å². The minimum atomic E-state index is -1.17. The summed E-state index contributed by atoms with van der Waals surface area (Å²) >= 11 is 0. The molecule has 0 saturated heterocycles. The maximum Gasteiger partial charge on any atom is 0.170 e. The molecule has 5 nitrogen and oxygen atoms in total. The molecule has 1 aromatic heterocycles. The molecule has 1 fully saturated rings. The number of carbonyl (C=O) groups is 2. The standard InChI is InChI=1S/C12H17N3O2/c1-3-15-7-6-14-11(15)12(2)9(16)5-4-8(13)10(12)17/h6-8H,3-5,13H2,1-2H3. The van der Waals surface area contributed by atoms with E-state index in [2.05, 4.69) is 4.98 Å². The molecule has 1 heterocycles. The molecule has 1 aromatic rings. The normalized spacial score (nSPS) is 29.7. The van der Waals surface area contributed by atoms with Crippen LogP contribution in [0.5, 0.6) is 0 Å². The first kappa shape index (κ1) is 12.0. The Morgan fingerprint density at radius 2 is 2.29 bits per heavy atom. The number of Topliss-reactive ketones (excluding diaryl/α,β-unsaturated/α-hetero) is 2. The molecule has 2 unspecified atom stereocenters. The Bertz CT molecular complexity index is 466. The molecule has 2 N–H and O–H groups in total. The molecule has 1 saturated carbocycles. The van der Waals surface area contributed by atoms with Gasteiger partial charge in [0.15, 0.2) is 11.6 Å². The van der Waals surface area contributed by atoms with E-state index in [4.69, 9.17) is 5.73 Å². The van der Waals surface area contributed by atoms with Gasteiger partial charge in [-0.3, -0.25) is 9.59 Å². The molecular formula is C12H17N3O2. The lowest BCUT2D eigenvalue weighted by molar-refractivity contribution is -0.138. The Morgan fingerprint density at radius 1 is 1.59 bits per heavy atom. The first-order valence-electron chi connectivity index (χ1n) is 5.86. The summed E-state index contributed by atoms with van der Waals surface area (Å²) in [6, 6.07) is -0.556. The van der Waals surface area contributed by atoms with E-state index in [1.54, 1.807) is 19.3 Å². The number of rotatable bonds is 2. The Labute approximate surface area is 100 Å². The van der Waals surface area contributed by atoms with Crippen LogP contribution in [0.25, 0.3) is 0 Å². The molecule has 17 heavy (non-hydrogen) atoms. The summed E-state index contributed by atoms with van der Waals surface area (Å²) in [7, 11) is 0. The molecule has 2 rings (SSSR count). The first-order chi connectivity index (χ1) is 8.01. The van der Waals surface area contributed by atoms with Gasteiger partial charge in [-0.15, -0.1) is 0 Å². The van der Waals surface area contributed by atoms with Crippen molar-refractivity contribution in [3.63, 3.8) is 0 Å². The number of carbonyl (C=O) groups excluding carboxylic acids is 2. The lowest BCUT2D eigenvalue weighted by atomic mass is 9.71. The minimum absolute atomic E-state index is 0.0786. The van der Waals surface area contributed by atoms with Gasteiger partial charge in [-0.1, -0.05) is 0 Å². The van der Waals surface area contributed by atoms with Gasteiger partial charge in [0.2, 0.25) is 0 Å². The van der Waals surface area contributed by atoms with Crippen LogP contribution in [0, 0.1) is 0 Å². The summed E-state index contributed by atoms with van der Waals surface area (Å²) in [5, 5.41) is 0. The van der Waals surface area contributed by atoms with Crippen molar-refractivity contribution in [3.8, 4) is 0 Å². The van der Waals surface area contributed by atoms with E-state index >= 15 is 0 Å². The minimum Gasteiger partial charge on any atom is -0.334 e. The first-order valence-corrected chi connectivity index (χ1v) is 5.86. The van der Waals surface area contributed by atoms with E-state index in [-0.39, 0.29) is 11.6 Å². The van der Waals surface area contributed by atoms with Gasteiger partial charge >= 0.3 is 0 Å². The summed E-state index contributed by atoms with van der Waals surface area (Å²) < 4.78 is 1.83. The molecule has 0 aliphatic heterocycles. The molecule has 0 radical (unpaired) electrons. The van der Waals surface area contributed by atoms with Crippen molar-refractivity contribution in [2.45, 2.75) is 44.7 Å². The number of ketones is 2. The van der Waals surface area contributed by atoms with Gasteiger partial charge < -0.3 is 10.3 Å². The largest absolute Gasteiger partial charge is 0.334 e. The SMILES string of the molecule is CCn1ccnc1C1(C)C(=O)CCC(N)C1=O. The fraction of sp³-hybridized carbons (Fsp3) is 0.583. The van der Waals surface area contributed by atoms with Crippen molar-refractivity contribution in [3.05, 3.63) is 18.2 Å². The van der Waals surface area contributed by atoms with Crippen LogP contribution in [-0.2, 0) is 21.5 Å². The van der Waals surface area contributed by atoms with Crippen molar-refractivity contribution in [1.82, 2.24) is 9.55 Å². The van der Waals surface area contributed by atoms with Gasteiger partial charge in [-0.25, -0.2) is 4.98 Å². The van der Waals surface area contributed by atoms with Gasteiger partial charge in [0.05, 0.1) is 6.04 Å². The Kier molecular flexibility index (Phi) is 2.87. The zero-order chi connectivity index (χ0) is 12.6. The Balaban J connectivity index is 2.52. The molecule has 0 spiro atoms. The van der Waals surface area contributed by atoms with Gasteiger partial charge in [0.25, 0.3) is 0 Å². The molecule has 1 aliphatic rings. The monoisotopic (exact) mass is 235 g/mol. The Hall–Kier alpha value is -1.49. The molecule has 0 bridgehead atoms. The predicted octanol–water partition coefficient (Wildman–Crippen LogP) is 0.420. The molecule has 92 valence electrons. The van der Waals surface area contributed by atoms with E-state index in [1.807, 2.05) is 11.5 Å². The van der Waals surface area contributed by atoms with Crippen LogP contribution in [0.1, 0.15) is 32.5 Å². The van der Waals surface area contributed by atoms with Gasteiger partial charge in [-0.05, 0) is 20.3 Å². The van der Waals surface area contributed by atoms with E-state index in [9.17, 15) is 9.59 Å². The molecule has 5 heteroatoms. The highest BCUT2D eigenvalue weighted by molar-refractivity contribution is 6.15. The third-order valence-corrected chi connectivity index (χ3v) is 3.57. The molecule has 2 atom stereocenters. The van der Waals surface area contributed by atoms with Crippen LogP contribution in [0.4, 0.5) is 0 Å². The maximum absolute atomic E-state index is 12.2. The van der Waals surface area contributed by atoms with Crippen molar-refractivity contribution in [1.29, 1.82) is 0 Å². The fourth-order valence-corrected chi connectivity index (χ4v) is 2.41. The van der Waals surface area contributed by atoms with Crippen LogP contribution in [-0.4, -0.2) is 27.2 Å². The number of aryl methyl sites for hydroxylation is 1. The van der Waals surface area contributed by atoms with E-state index in [0.29, 0.717) is 25.2 Å². The second-order valence-electron chi connectivity index (χ2n) is 4.59. The summed E-state index contributed by atoms with van der Waals surface area (Å²) in [6.45, 7) is 4.28. The van der Waals surface area contributed by atoms with Gasteiger partial charge in [0.1, 0.15) is 11.2 Å². The highest BCUT2D eigenvalue weighted by Gasteiger charge is 2.50. The third-order valence-electron chi connectivity index (χ3n) is 3.57. The van der Waals surface area contributed by atoms with Crippen molar-refractivity contribution < 1.29 is 9.59 Å². The number of nitrogens with two attached hydrogens (primary N) is 1. The van der Waals surface area contributed by atoms with Crippen molar-refractivity contribution >= 4 is 11.6 Å². The summed E-state index contributed by atoms with van der Waals surface area (Å²) in [5.41, 5.74) is 4.61. The number of imidazole rings is 1. The summed E-state index contributed by atoms with van der Waals surface area (Å²) in [5.74, 6) is 0.227. The fourth-order valence-electron chi connectivity index (χ4n) is 2.41. The molecule has 1 aliphatic carbocycles. The predicted molar refractivity (Wildman–Crippen MR) is 62.5 cm³/mol. The van der Waals surface area contributed by atoms with E-state index in [1.165, 1.54) is 0 Å². The average Bonchev–Trinajstić information content (AvgIpc) is 2.80. The topological polar surface area (TPSA) is 78.0 Å². The van der Waals surface area contributed by atoms with Gasteiger partial charge in [0, 0.05) is 25.4 Å². The Morgan fingerprint density at radius 3 is 2.94 bits per heavy atom. The smallest absolute Gasteiger partial charge is 0.170 e. The zero-order valence-corrected chi connectivity index (χ0v) is 10.1. The number of hydrogen-bond donors (Lipinski definition) is 1. The second kappa shape index (κ2) is 4.07. The summed E-state index contributed by atoms with van der Waals surface area (Å²) in [6.07, 6.45) is 4.19. The maximum atomic E-state index is 12.2. The lowest BCUT2D eigenvalue weighted by Crippen LogP contribution is -2.54.